The number of nitrogens with two attached hydrogens (primary N) is 1. The van der Waals surface area contributed by atoms with Crippen molar-refractivity contribution in [3.8, 4) is 11.1 Å². The third-order valence-electron chi connectivity index (χ3n) is 4.87. The molecule has 0 aliphatic heterocycles. The van der Waals surface area contributed by atoms with E-state index in [1.807, 2.05) is 0 Å². The lowest BCUT2D eigenvalue weighted by molar-refractivity contribution is 0.670. The van der Waals surface area contributed by atoms with Gasteiger partial charge in [0.1, 0.15) is 0 Å². The SMILES string of the molecule is Cc1cccc(-c2c(N)n[nH]c2C2C3CCCC32)c1. The summed E-state index contributed by atoms with van der Waals surface area (Å²) in [5.74, 6) is 3.08. The van der Waals surface area contributed by atoms with Gasteiger partial charge in [-0.05, 0) is 37.2 Å². The number of rotatable bonds is 2. The molecule has 4 rings (SSSR count). The summed E-state index contributed by atoms with van der Waals surface area (Å²) in [6, 6.07) is 8.54. The first-order chi connectivity index (χ1) is 9.25. The van der Waals surface area contributed by atoms with Crippen molar-refractivity contribution in [1.82, 2.24) is 10.2 Å². The number of hydrogen-bond acceptors (Lipinski definition) is 2. The van der Waals surface area contributed by atoms with Crippen LogP contribution in [0.1, 0.15) is 36.4 Å². The third kappa shape index (κ3) is 1.61. The average molecular weight is 253 g/mol. The molecule has 98 valence electrons. The highest BCUT2D eigenvalue weighted by molar-refractivity contribution is 5.77. The van der Waals surface area contributed by atoms with Crippen LogP contribution in [0.4, 0.5) is 5.82 Å². The predicted molar refractivity (Wildman–Crippen MR) is 76.7 cm³/mol. The molecule has 3 N–H and O–H groups in total. The van der Waals surface area contributed by atoms with E-state index in [1.54, 1.807) is 0 Å². The molecule has 1 heterocycles. The number of hydrogen-bond donors (Lipinski definition) is 2. The molecule has 3 nitrogen and oxygen atoms in total. The van der Waals surface area contributed by atoms with Crippen molar-refractivity contribution in [3.63, 3.8) is 0 Å². The Morgan fingerprint density at radius 1 is 1.26 bits per heavy atom. The van der Waals surface area contributed by atoms with Gasteiger partial charge in [-0.2, -0.15) is 5.10 Å². The van der Waals surface area contributed by atoms with Crippen LogP contribution < -0.4 is 5.73 Å². The maximum Gasteiger partial charge on any atom is 0.153 e. The lowest BCUT2D eigenvalue weighted by Gasteiger charge is -2.07. The Balaban J connectivity index is 1.78. The molecule has 2 unspecified atom stereocenters. The van der Waals surface area contributed by atoms with Gasteiger partial charge in [-0.25, -0.2) is 0 Å². The molecular weight excluding hydrogens is 234 g/mol. The third-order valence-corrected chi connectivity index (χ3v) is 4.87. The van der Waals surface area contributed by atoms with E-state index < -0.39 is 0 Å². The lowest BCUT2D eigenvalue weighted by atomic mass is 9.98. The molecule has 2 atom stereocenters. The zero-order valence-corrected chi connectivity index (χ0v) is 11.2. The highest BCUT2D eigenvalue weighted by Gasteiger charge is 2.54. The van der Waals surface area contributed by atoms with Crippen LogP contribution in [-0.4, -0.2) is 10.2 Å². The standard InChI is InChI=1S/C16H19N3/c1-9-4-2-5-10(8-9)13-15(18-19-16(13)17)14-11-6-3-7-12(11)14/h2,4-5,8,11-12,14H,3,6-7H2,1H3,(H3,17,18,19). The van der Waals surface area contributed by atoms with Gasteiger partial charge >= 0.3 is 0 Å². The molecule has 0 saturated heterocycles. The first-order valence-electron chi connectivity index (χ1n) is 7.16. The monoisotopic (exact) mass is 253 g/mol. The van der Waals surface area contributed by atoms with Crippen LogP contribution in [0.5, 0.6) is 0 Å². The number of aryl methyl sites for hydroxylation is 1. The average Bonchev–Trinajstić information content (AvgIpc) is 2.78. The van der Waals surface area contributed by atoms with E-state index in [4.69, 9.17) is 5.73 Å². The van der Waals surface area contributed by atoms with Crippen molar-refractivity contribution in [3.05, 3.63) is 35.5 Å². The highest BCUT2D eigenvalue weighted by Crippen LogP contribution is 2.64. The molecule has 0 bridgehead atoms. The van der Waals surface area contributed by atoms with Gasteiger partial charge in [0.05, 0.1) is 0 Å². The molecule has 19 heavy (non-hydrogen) atoms. The van der Waals surface area contributed by atoms with Crippen LogP contribution in [0.25, 0.3) is 11.1 Å². The number of nitrogens with zero attached hydrogens (tertiary/aromatic N) is 1. The summed E-state index contributed by atoms with van der Waals surface area (Å²) in [6.07, 6.45) is 4.15. The van der Waals surface area contributed by atoms with Gasteiger partial charge in [0, 0.05) is 17.2 Å². The van der Waals surface area contributed by atoms with Gasteiger partial charge < -0.3 is 5.73 Å². The predicted octanol–water partition coefficient (Wildman–Crippen LogP) is 3.48. The van der Waals surface area contributed by atoms with Crippen molar-refractivity contribution in [1.29, 1.82) is 0 Å². The molecule has 2 fully saturated rings. The molecule has 0 radical (unpaired) electrons. The van der Waals surface area contributed by atoms with Gasteiger partial charge in [0.2, 0.25) is 0 Å². The minimum Gasteiger partial charge on any atom is -0.382 e. The quantitative estimate of drug-likeness (QED) is 0.861. The van der Waals surface area contributed by atoms with Crippen LogP contribution in [0.15, 0.2) is 24.3 Å². The summed E-state index contributed by atoms with van der Waals surface area (Å²) in [7, 11) is 0. The van der Waals surface area contributed by atoms with E-state index in [9.17, 15) is 0 Å². The Labute approximate surface area is 113 Å². The van der Waals surface area contributed by atoms with E-state index >= 15 is 0 Å². The minimum atomic E-state index is 0.644. The van der Waals surface area contributed by atoms with Crippen molar-refractivity contribution in [2.75, 3.05) is 5.73 Å². The van der Waals surface area contributed by atoms with Crippen LogP contribution in [0, 0.1) is 18.8 Å². The first kappa shape index (κ1) is 11.1. The molecule has 2 aliphatic rings. The maximum absolute atomic E-state index is 6.10. The number of anilines is 1. The van der Waals surface area contributed by atoms with E-state index in [-0.39, 0.29) is 0 Å². The Hall–Kier alpha value is -1.77. The Bertz CT molecular complexity index is 619. The number of aromatic amines is 1. The summed E-state index contributed by atoms with van der Waals surface area (Å²) in [5.41, 5.74) is 11.0. The van der Waals surface area contributed by atoms with Crippen LogP contribution in [0.2, 0.25) is 0 Å². The van der Waals surface area contributed by atoms with Crippen molar-refractivity contribution in [2.45, 2.75) is 32.1 Å². The number of aromatic nitrogens is 2. The van der Waals surface area contributed by atoms with Crippen LogP contribution in [-0.2, 0) is 0 Å². The largest absolute Gasteiger partial charge is 0.382 e. The summed E-state index contributed by atoms with van der Waals surface area (Å²) >= 11 is 0. The van der Waals surface area contributed by atoms with Gasteiger partial charge in [-0.15, -0.1) is 0 Å². The molecule has 2 saturated carbocycles. The fraction of sp³-hybridized carbons (Fsp3) is 0.438. The summed E-state index contributed by atoms with van der Waals surface area (Å²) < 4.78 is 0. The van der Waals surface area contributed by atoms with E-state index in [2.05, 4.69) is 41.4 Å². The molecule has 1 aromatic carbocycles. The van der Waals surface area contributed by atoms with Crippen molar-refractivity contribution >= 4 is 5.82 Å². The first-order valence-corrected chi connectivity index (χ1v) is 7.16. The molecule has 1 aromatic heterocycles. The number of nitrogen functional groups attached to an aromatic ring is 1. The second kappa shape index (κ2) is 3.86. The van der Waals surface area contributed by atoms with Gasteiger partial charge in [-0.3, -0.25) is 5.10 Å². The zero-order valence-electron chi connectivity index (χ0n) is 11.2. The van der Waals surface area contributed by atoms with Crippen LogP contribution >= 0.6 is 0 Å². The normalized spacial score (nSPS) is 28.4. The molecule has 0 spiro atoms. The molecule has 2 aromatic rings. The minimum absolute atomic E-state index is 0.644. The lowest BCUT2D eigenvalue weighted by Crippen LogP contribution is -1.93. The number of benzene rings is 1. The number of fused-ring (bicyclic) bond motifs is 1. The molecular formula is C16H19N3. The highest BCUT2D eigenvalue weighted by atomic mass is 15.2. The number of nitrogens with one attached hydrogen (secondary N) is 1. The Morgan fingerprint density at radius 3 is 2.79 bits per heavy atom. The smallest absolute Gasteiger partial charge is 0.153 e. The van der Waals surface area contributed by atoms with Gasteiger partial charge in [-0.1, -0.05) is 36.2 Å². The Morgan fingerprint density at radius 2 is 2.05 bits per heavy atom. The van der Waals surface area contributed by atoms with E-state index in [0.717, 1.165) is 17.4 Å². The van der Waals surface area contributed by atoms with Crippen molar-refractivity contribution in [2.24, 2.45) is 11.8 Å². The van der Waals surface area contributed by atoms with Crippen LogP contribution in [0.3, 0.4) is 0 Å². The number of H-pyrrole nitrogens is 1. The summed E-state index contributed by atoms with van der Waals surface area (Å²) in [5, 5.41) is 7.47. The topological polar surface area (TPSA) is 54.7 Å². The van der Waals surface area contributed by atoms with Gasteiger partial charge in [0.25, 0.3) is 0 Å². The van der Waals surface area contributed by atoms with Gasteiger partial charge in [0.15, 0.2) is 5.82 Å². The van der Waals surface area contributed by atoms with E-state index in [1.165, 1.54) is 36.1 Å². The van der Waals surface area contributed by atoms with E-state index in [0.29, 0.717) is 11.7 Å². The second-order valence-corrected chi connectivity index (χ2v) is 6.05. The summed E-state index contributed by atoms with van der Waals surface area (Å²) in [4.78, 5) is 0. The van der Waals surface area contributed by atoms with Crippen molar-refractivity contribution < 1.29 is 0 Å². The fourth-order valence-electron chi connectivity index (χ4n) is 3.97. The molecule has 3 heteroatoms. The summed E-state index contributed by atoms with van der Waals surface area (Å²) in [6.45, 7) is 2.12. The maximum atomic E-state index is 6.10. The zero-order chi connectivity index (χ0) is 13.0. The fourth-order valence-corrected chi connectivity index (χ4v) is 3.97. The Kier molecular flexibility index (Phi) is 2.25. The molecule has 2 aliphatic carbocycles. The molecule has 0 amide bonds. The second-order valence-electron chi connectivity index (χ2n) is 6.05.